The smallest absolute Gasteiger partial charge is 0.224 e. The summed E-state index contributed by atoms with van der Waals surface area (Å²) in [6.07, 6.45) is 0. The monoisotopic (exact) mass is 275 g/mol. The lowest BCUT2D eigenvalue weighted by atomic mass is 9.86. The summed E-state index contributed by atoms with van der Waals surface area (Å²) in [5, 5.41) is 0.180. The minimum atomic E-state index is 0.0896. The molecule has 1 aromatic carbocycles. The second-order valence-electron chi connectivity index (χ2n) is 5.68. The summed E-state index contributed by atoms with van der Waals surface area (Å²) in [5.74, 6) is 0.427. The third-order valence-electron chi connectivity index (χ3n) is 3.16. The first-order valence-corrected chi connectivity index (χ1v) is 6.57. The van der Waals surface area contributed by atoms with E-state index in [2.05, 4.69) is 42.9 Å². The Labute approximate surface area is 118 Å². The normalized spacial score (nSPS) is 11.6. The molecule has 0 atom stereocenters. The van der Waals surface area contributed by atoms with Gasteiger partial charge in [-0.15, -0.1) is 0 Å². The predicted molar refractivity (Wildman–Crippen MR) is 80.3 cm³/mol. The van der Waals surface area contributed by atoms with Gasteiger partial charge in [0.05, 0.1) is 5.69 Å². The van der Waals surface area contributed by atoms with Crippen molar-refractivity contribution in [3.05, 3.63) is 40.7 Å². The maximum atomic E-state index is 5.90. The van der Waals surface area contributed by atoms with Crippen molar-refractivity contribution in [1.29, 1.82) is 0 Å². The molecule has 0 bridgehead atoms. The van der Waals surface area contributed by atoms with Gasteiger partial charge in [0.25, 0.3) is 0 Å². The predicted octanol–water partition coefficient (Wildman–Crippen LogP) is 3.99. The number of hydrogen-bond acceptors (Lipinski definition) is 3. The lowest BCUT2D eigenvalue weighted by molar-refractivity contribution is 0.590. The molecule has 1 heterocycles. The summed E-state index contributed by atoms with van der Waals surface area (Å²) >= 11 is 5.90. The van der Waals surface area contributed by atoms with Gasteiger partial charge in [-0.05, 0) is 35.6 Å². The molecule has 1 aromatic heterocycles. The molecule has 2 rings (SSSR count). The van der Waals surface area contributed by atoms with E-state index in [9.17, 15) is 0 Å². The van der Waals surface area contributed by atoms with Gasteiger partial charge in [-0.1, -0.05) is 39.0 Å². The van der Waals surface area contributed by atoms with Crippen LogP contribution in [0.5, 0.6) is 0 Å². The van der Waals surface area contributed by atoms with Crippen molar-refractivity contribution in [2.24, 2.45) is 0 Å². The maximum absolute atomic E-state index is 5.90. The third kappa shape index (κ3) is 2.87. The van der Waals surface area contributed by atoms with Crippen LogP contribution in [-0.4, -0.2) is 9.97 Å². The number of nitrogens with zero attached hydrogens (tertiary/aromatic N) is 2. The van der Waals surface area contributed by atoms with Crippen LogP contribution in [0.1, 0.15) is 31.9 Å². The second-order valence-corrected chi connectivity index (χ2v) is 6.02. The summed E-state index contributed by atoms with van der Waals surface area (Å²) in [4.78, 5) is 8.26. The van der Waals surface area contributed by atoms with E-state index in [4.69, 9.17) is 17.3 Å². The van der Waals surface area contributed by atoms with Crippen LogP contribution in [0.25, 0.3) is 11.3 Å². The Hall–Kier alpha value is -1.61. The van der Waals surface area contributed by atoms with Crippen molar-refractivity contribution in [2.45, 2.75) is 33.1 Å². The Morgan fingerprint density at radius 3 is 2.47 bits per heavy atom. The lowest BCUT2D eigenvalue weighted by Crippen LogP contribution is -2.11. The molecule has 2 aromatic rings. The lowest BCUT2D eigenvalue weighted by Gasteiger charge is -2.20. The Morgan fingerprint density at radius 2 is 1.84 bits per heavy atom. The number of nitrogens with two attached hydrogens (primary N) is 1. The van der Waals surface area contributed by atoms with Crippen LogP contribution in [0, 0.1) is 6.92 Å². The molecular weight excluding hydrogens is 258 g/mol. The summed E-state index contributed by atoms with van der Waals surface area (Å²) in [6, 6.07) is 8.29. The highest BCUT2D eigenvalue weighted by molar-refractivity contribution is 6.28. The molecular formula is C15H18ClN3. The molecule has 0 saturated carbocycles. The number of rotatable bonds is 1. The molecule has 4 heteroatoms. The highest BCUT2D eigenvalue weighted by Crippen LogP contribution is 2.30. The van der Waals surface area contributed by atoms with Crippen molar-refractivity contribution in [2.75, 3.05) is 5.73 Å². The van der Waals surface area contributed by atoms with Crippen molar-refractivity contribution >= 4 is 17.4 Å². The fraction of sp³-hybridized carbons (Fsp3) is 0.333. The van der Waals surface area contributed by atoms with Crippen molar-refractivity contribution in [1.82, 2.24) is 9.97 Å². The van der Waals surface area contributed by atoms with E-state index in [0.29, 0.717) is 5.82 Å². The largest absolute Gasteiger partial charge is 0.383 e. The third-order valence-corrected chi connectivity index (χ3v) is 3.33. The molecule has 19 heavy (non-hydrogen) atoms. The zero-order valence-corrected chi connectivity index (χ0v) is 12.4. The molecule has 0 fully saturated rings. The van der Waals surface area contributed by atoms with Crippen molar-refractivity contribution < 1.29 is 0 Å². The number of halogens is 1. The number of aromatic nitrogens is 2. The van der Waals surface area contributed by atoms with E-state index in [1.165, 1.54) is 5.56 Å². The first-order chi connectivity index (χ1) is 8.79. The van der Waals surface area contributed by atoms with Gasteiger partial charge in [0, 0.05) is 11.1 Å². The highest BCUT2D eigenvalue weighted by atomic mass is 35.5. The van der Waals surface area contributed by atoms with Gasteiger partial charge in [0.15, 0.2) is 0 Å². The minimum absolute atomic E-state index is 0.0896. The van der Waals surface area contributed by atoms with Gasteiger partial charge in [-0.2, -0.15) is 0 Å². The van der Waals surface area contributed by atoms with Crippen LogP contribution in [0.4, 0.5) is 5.82 Å². The number of hydrogen-bond donors (Lipinski definition) is 1. The Kier molecular flexibility index (Phi) is 3.50. The van der Waals surface area contributed by atoms with Gasteiger partial charge >= 0.3 is 0 Å². The highest BCUT2D eigenvalue weighted by Gasteiger charge is 2.16. The van der Waals surface area contributed by atoms with E-state index in [1.54, 1.807) is 0 Å². The zero-order chi connectivity index (χ0) is 14.2. The Bertz CT molecular complexity index is 615. The van der Waals surface area contributed by atoms with Crippen molar-refractivity contribution in [3.63, 3.8) is 0 Å². The molecule has 0 saturated heterocycles. The fourth-order valence-electron chi connectivity index (χ4n) is 1.92. The summed E-state index contributed by atoms with van der Waals surface area (Å²) in [5.41, 5.74) is 9.85. The van der Waals surface area contributed by atoms with E-state index in [-0.39, 0.29) is 10.7 Å². The molecule has 0 aliphatic carbocycles. The molecule has 0 aliphatic heterocycles. The van der Waals surface area contributed by atoms with Gasteiger partial charge < -0.3 is 5.73 Å². The van der Waals surface area contributed by atoms with Gasteiger partial charge in [-0.25, -0.2) is 9.97 Å². The molecule has 0 spiro atoms. The first-order valence-electron chi connectivity index (χ1n) is 6.19. The quantitative estimate of drug-likeness (QED) is 0.801. The maximum Gasteiger partial charge on any atom is 0.224 e. The molecule has 2 N–H and O–H groups in total. The van der Waals surface area contributed by atoms with Crippen LogP contribution in [0.15, 0.2) is 24.3 Å². The van der Waals surface area contributed by atoms with E-state index < -0.39 is 0 Å². The van der Waals surface area contributed by atoms with Crippen LogP contribution >= 0.6 is 11.6 Å². The van der Waals surface area contributed by atoms with Gasteiger partial charge in [-0.3, -0.25) is 0 Å². The minimum Gasteiger partial charge on any atom is -0.383 e. The summed E-state index contributed by atoms with van der Waals surface area (Å²) < 4.78 is 0. The number of nitrogen functional groups attached to an aromatic ring is 1. The van der Waals surface area contributed by atoms with Crippen molar-refractivity contribution in [3.8, 4) is 11.3 Å². The number of benzene rings is 1. The van der Waals surface area contributed by atoms with E-state index in [1.807, 2.05) is 19.1 Å². The van der Waals surface area contributed by atoms with E-state index in [0.717, 1.165) is 16.8 Å². The average molecular weight is 276 g/mol. The number of anilines is 1. The molecule has 0 radical (unpaired) electrons. The Morgan fingerprint density at radius 1 is 1.16 bits per heavy atom. The molecule has 3 nitrogen and oxygen atoms in total. The second kappa shape index (κ2) is 4.82. The molecule has 0 unspecified atom stereocenters. The summed E-state index contributed by atoms with van der Waals surface area (Å²) in [6.45, 7) is 8.45. The molecule has 0 amide bonds. The average Bonchev–Trinajstić information content (AvgIpc) is 2.33. The standard InChI is InChI=1S/C15H18ClN3/c1-9-12(18-14(16)19-13(9)17)10-6-5-7-11(8-10)15(2,3)4/h5-8H,1-4H3,(H2,17,18,19). The first kappa shape index (κ1) is 13.8. The van der Waals surface area contributed by atoms with Gasteiger partial charge in [0.1, 0.15) is 5.82 Å². The Balaban J connectivity index is 2.60. The van der Waals surface area contributed by atoms with Crippen LogP contribution < -0.4 is 5.73 Å². The zero-order valence-electron chi connectivity index (χ0n) is 11.7. The van der Waals surface area contributed by atoms with Crippen LogP contribution in [0.3, 0.4) is 0 Å². The van der Waals surface area contributed by atoms with Gasteiger partial charge in [0.2, 0.25) is 5.28 Å². The van der Waals surface area contributed by atoms with Crippen LogP contribution in [0.2, 0.25) is 5.28 Å². The molecule has 100 valence electrons. The fourth-order valence-corrected chi connectivity index (χ4v) is 2.10. The summed E-state index contributed by atoms with van der Waals surface area (Å²) in [7, 11) is 0. The SMILES string of the molecule is Cc1c(N)nc(Cl)nc1-c1cccc(C(C)(C)C)c1. The topological polar surface area (TPSA) is 51.8 Å². The van der Waals surface area contributed by atoms with E-state index >= 15 is 0 Å². The van der Waals surface area contributed by atoms with Crippen LogP contribution in [-0.2, 0) is 5.41 Å². The molecule has 0 aliphatic rings.